The molecule has 0 radical (unpaired) electrons. The Bertz CT molecular complexity index is 1380. The van der Waals surface area contributed by atoms with Crippen molar-refractivity contribution in [3.63, 3.8) is 0 Å². The van der Waals surface area contributed by atoms with E-state index in [4.69, 9.17) is 14.7 Å². The van der Waals surface area contributed by atoms with Crippen molar-refractivity contribution in [2.45, 2.75) is 64.1 Å². The normalized spacial score (nSPS) is 17.7. The number of rotatable bonds is 10. The molecule has 0 saturated carbocycles. The lowest BCUT2D eigenvalue weighted by atomic mass is 9.93. The van der Waals surface area contributed by atoms with Crippen LogP contribution in [-0.4, -0.2) is 68.0 Å². The molecule has 1 aromatic carbocycles. The first kappa shape index (κ1) is 26.7. The van der Waals surface area contributed by atoms with Crippen LogP contribution >= 0.6 is 0 Å². The van der Waals surface area contributed by atoms with E-state index in [2.05, 4.69) is 36.2 Å². The molecule has 2 N–H and O–H groups in total. The number of amides is 1. The molecule has 1 unspecified atom stereocenters. The van der Waals surface area contributed by atoms with Crippen molar-refractivity contribution >= 4 is 29.2 Å². The Balaban J connectivity index is 1.33. The Labute approximate surface area is 226 Å². The van der Waals surface area contributed by atoms with Gasteiger partial charge < -0.3 is 20.3 Å². The lowest BCUT2D eigenvalue weighted by Crippen LogP contribution is -2.55. The molecule has 39 heavy (non-hydrogen) atoms. The molecule has 2 aliphatic rings. The maximum absolute atomic E-state index is 14.6. The van der Waals surface area contributed by atoms with Crippen molar-refractivity contribution in [3.05, 3.63) is 59.6 Å². The van der Waals surface area contributed by atoms with Crippen molar-refractivity contribution in [2.75, 3.05) is 30.4 Å². The van der Waals surface area contributed by atoms with Gasteiger partial charge in [0.1, 0.15) is 5.82 Å². The summed E-state index contributed by atoms with van der Waals surface area (Å²) in [6.07, 6.45) is 5.26. The number of aromatic nitrogens is 4. The first-order valence-electron chi connectivity index (χ1n) is 13.4. The molecular formula is C28H34FN7O3. The van der Waals surface area contributed by atoms with E-state index in [-0.39, 0.29) is 30.1 Å². The number of anilines is 2. The highest BCUT2D eigenvalue weighted by Gasteiger charge is 2.36. The zero-order chi connectivity index (χ0) is 27.5. The third-order valence-corrected chi connectivity index (χ3v) is 7.35. The largest absolute Gasteiger partial charge is 0.381 e. The Kier molecular flexibility index (Phi) is 7.87. The zero-order valence-electron chi connectivity index (χ0n) is 22.3. The van der Waals surface area contributed by atoms with Gasteiger partial charge in [0, 0.05) is 44.3 Å². The van der Waals surface area contributed by atoms with Crippen LogP contribution in [0.5, 0.6) is 0 Å². The van der Waals surface area contributed by atoms with E-state index in [1.165, 1.54) is 17.0 Å². The number of Topliss-reactive ketones (excluding diaryl/α,β-unsaturated/α-hetero) is 1. The van der Waals surface area contributed by atoms with Gasteiger partial charge in [-0.3, -0.25) is 9.59 Å². The number of nitrogens with zero attached hydrogens (tertiary/aromatic N) is 5. The van der Waals surface area contributed by atoms with Crippen molar-refractivity contribution in [3.8, 4) is 0 Å². The van der Waals surface area contributed by atoms with Gasteiger partial charge in [0.15, 0.2) is 11.4 Å². The molecule has 4 heterocycles. The van der Waals surface area contributed by atoms with Crippen molar-refractivity contribution in [1.82, 2.24) is 24.5 Å². The summed E-state index contributed by atoms with van der Waals surface area (Å²) in [5.74, 6) is 0.347. The van der Waals surface area contributed by atoms with Crippen LogP contribution in [0.2, 0.25) is 0 Å². The van der Waals surface area contributed by atoms with Crippen molar-refractivity contribution < 1.29 is 18.7 Å². The molecule has 2 fully saturated rings. The van der Waals surface area contributed by atoms with E-state index in [9.17, 15) is 14.0 Å². The smallest absolute Gasteiger partial charge is 0.246 e. The second kappa shape index (κ2) is 11.5. The molecule has 206 valence electrons. The average molecular weight is 536 g/mol. The van der Waals surface area contributed by atoms with Crippen LogP contribution in [0.4, 0.5) is 16.3 Å². The molecule has 0 spiro atoms. The topological polar surface area (TPSA) is 114 Å². The van der Waals surface area contributed by atoms with Gasteiger partial charge in [-0.05, 0) is 48.4 Å². The minimum atomic E-state index is -0.525. The minimum Gasteiger partial charge on any atom is -0.381 e. The molecule has 5 rings (SSSR count). The van der Waals surface area contributed by atoms with E-state index in [0.29, 0.717) is 50.2 Å². The monoisotopic (exact) mass is 535 g/mol. The third kappa shape index (κ3) is 5.78. The standard InChI is InChI=1S/C28H34FN7O3/c1-4-25(38)35-10-7-23(35)24(37)14-19-13-18(5-6-22(19)29)15-30-28-34-27(32-20-8-11-39-12-9-20)33-26-21(17(2)3)16-31-36(26)28/h4-6,13,16-17,20,23H,1,7-12,14-15H2,2-3H3,(H2,30,32,33,34). The van der Waals surface area contributed by atoms with Crippen LogP contribution in [0.3, 0.4) is 0 Å². The number of carbonyl (C=O) groups excluding carboxylic acids is 2. The van der Waals surface area contributed by atoms with Crippen LogP contribution < -0.4 is 10.6 Å². The van der Waals surface area contributed by atoms with Gasteiger partial charge in [0.05, 0.1) is 12.2 Å². The maximum Gasteiger partial charge on any atom is 0.246 e. The molecule has 2 saturated heterocycles. The fourth-order valence-electron chi connectivity index (χ4n) is 4.97. The van der Waals surface area contributed by atoms with E-state index < -0.39 is 11.9 Å². The van der Waals surface area contributed by atoms with Gasteiger partial charge in [-0.25, -0.2) is 4.39 Å². The van der Waals surface area contributed by atoms with Crippen LogP contribution in [0.25, 0.3) is 5.65 Å². The number of ketones is 1. The van der Waals surface area contributed by atoms with Crippen LogP contribution in [0.1, 0.15) is 55.7 Å². The highest BCUT2D eigenvalue weighted by Crippen LogP contribution is 2.25. The van der Waals surface area contributed by atoms with Crippen LogP contribution in [-0.2, 0) is 27.3 Å². The van der Waals surface area contributed by atoms with E-state index in [1.54, 1.807) is 22.8 Å². The first-order valence-corrected chi connectivity index (χ1v) is 13.4. The molecule has 1 amide bonds. The number of nitrogens with one attached hydrogen (secondary N) is 2. The van der Waals surface area contributed by atoms with Gasteiger partial charge in [0.25, 0.3) is 0 Å². The number of carbonyl (C=O) groups is 2. The molecule has 2 aliphatic heterocycles. The van der Waals surface area contributed by atoms with Gasteiger partial charge in [-0.2, -0.15) is 19.6 Å². The van der Waals surface area contributed by atoms with Crippen LogP contribution in [0.15, 0.2) is 37.1 Å². The Morgan fingerprint density at radius 2 is 2.03 bits per heavy atom. The molecule has 11 heteroatoms. The molecule has 10 nitrogen and oxygen atoms in total. The molecule has 0 bridgehead atoms. The lowest BCUT2D eigenvalue weighted by molar-refractivity contribution is -0.142. The number of benzene rings is 1. The van der Waals surface area contributed by atoms with Gasteiger partial charge in [0.2, 0.25) is 17.8 Å². The molecule has 2 aromatic heterocycles. The predicted octanol–water partition coefficient (Wildman–Crippen LogP) is 3.49. The summed E-state index contributed by atoms with van der Waals surface area (Å²) < 4.78 is 21.8. The summed E-state index contributed by atoms with van der Waals surface area (Å²) in [6.45, 7) is 9.92. The summed E-state index contributed by atoms with van der Waals surface area (Å²) in [7, 11) is 0. The maximum atomic E-state index is 14.6. The molecular weight excluding hydrogens is 501 g/mol. The summed E-state index contributed by atoms with van der Waals surface area (Å²) >= 11 is 0. The second-order valence-electron chi connectivity index (χ2n) is 10.4. The molecule has 1 atom stereocenters. The fourth-order valence-corrected chi connectivity index (χ4v) is 4.97. The number of ether oxygens (including phenoxy) is 1. The van der Waals surface area contributed by atoms with Gasteiger partial charge >= 0.3 is 0 Å². The average Bonchev–Trinajstić information content (AvgIpc) is 3.33. The summed E-state index contributed by atoms with van der Waals surface area (Å²) in [5.41, 5.74) is 2.82. The third-order valence-electron chi connectivity index (χ3n) is 7.35. The van der Waals surface area contributed by atoms with Gasteiger partial charge in [-0.15, -0.1) is 0 Å². The number of hydrogen-bond donors (Lipinski definition) is 2. The number of likely N-dealkylation sites (tertiary alicyclic amines) is 1. The highest BCUT2D eigenvalue weighted by molar-refractivity contribution is 5.95. The summed E-state index contributed by atoms with van der Waals surface area (Å²) in [4.78, 5) is 35.7. The molecule has 3 aromatic rings. The number of halogens is 1. The summed E-state index contributed by atoms with van der Waals surface area (Å²) in [6, 6.07) is 4.43. The van der Waals surface area contributed by atoms with E-state index in [0.717, 1.165) is 29.6 Å². The van der Waals surface area contributed by atoms with E-state index >= 15 is 0 Å². The Morgan fingerprint density at radius 3 is 2.72 bits per heavy atom. The zero-order valence-corrected chi connectivity index (χ0v) is 22.3. The van der Waals surface area contributed by atoms with Crippen molar-refractivity contribution in [2.24, 2.45) is 0 Å². The Morgan fingerprint density at radius 1 is 1.23 bits per heavy atom. The minimum absolute atomic E-state index is 0.0842. The first-order chi connectivity index (χ1) is 18.8. The molecule has 0 aliphatic carbocycles. The predicted molar refractivity (Wildman–Crippen MR) is 145 cm³/mol. The second-order valence-corrected chi connectivity index (χ2v) is 10.4. The van der Waals surface area contributed by atoms with E-state index in [1.807, 2.05) is 0 Å². The Hall–Kier alpha value is -3.86. The van der Waals surface area contributed by atoms with Crippen molar-refractivity contribution in [1.29, 1.82) is 0 Å². The summed E-state index contributed by atoms with van der Waals surface area (Å²) in [5, 5.41) is 11.3. The lowest BCUT2D eigenvalue weighted by Gasteiger charge is -2.39. The quantitative estimate of drug-likeness (QED) is 0.380. The number of fused-ring (bicyclic) bond motifs is 1. The number of hydrogen-bond acceptors (Lipinski definition) is 8. The van der Waals surface area contributed by atoms with Gasteiger partial charge in [-0.1, -0.05) is 32.6 Å². The van der Waals surface area contributed by atoms with Crippen LogP contribution in [0, 0.1) is 5.82 Å². The fraction of sp³-hybridized carbons (Fsp3) is 0.464. The SMILES string of the molecule is C=CC(=O)N1CCC1C(=O)Cc1cc(CNc2nc(NC3CCOCC3)nc3c(C(C)C)cnn23)ccc1F. The highest BCUT2D eigenvalue weighted by atomic mass is 19.1.